The number of nitrogens with zero attached hydrogens (tertiary/aromatic N) is 3. The Kier molecular flexibility index (Phi) is 4.07. The summed E-state index contributed by atoms with van der Waals surface area (Å²) in [6, 6.07) is 8.13. The molecule has 25 heavy (non-hydrogen) atoms. The lowest BCUT2D eigenvalue weighted by Crippen LogP contribution is -2.36. The van der Waals surface area contributed by atoms with Crippen LogP contribution in [0.25, 0.3) is 5.57 Å². The average Bonchev–Trinajstić information content (AvgIpc) is 3.35. The van der Waals surface area contributed by atoms with Crippen molar-refractivity contribution in [3.8, 4) is 5.75 Å². The van der Waals surface area contributed by atoms with Crippen LogP contribution in [0, 0.1) is 5.92 Å². The van der Waals surface area contributed by atoms with Gasteiger partial charge in [0.15, 0.2) is 0 Å². The van der Waals surface area contributed by atoms with Crippen LogP contribution < -0.4 is 4.74 Å². The summed E-state index contributed by atoms with van der Waals surface area (Å²) in [7, 11) is 3.59. The third kappa shape index (κ3) is 3.18. The zero-order valence-corrected chi connectivity index (χ0v) is 14.7. The van der Waals surface area contributed by atoms with Crippen molar-refractivity contribution in [2.24, 2.45) is 13.0 Å². The summed E-state index contributed by atoms with van der Waals surface area (Å²) in [6.45, 7) is 1.50. The molecule has 0 bridgehead atoms. The molecule has 0 radical (unpaired) electrons. The predicted octanol–water partition coefficient (Wildman–Crippen LogP) is 2.85. The van der Waals surface area contributed by atoms with Crippen LogP contribution >= 0.6 is 0 Å². The number of methoxy groups -OCH3 is 1. The standard InChI is InChI=1S/C20H23N3O2/c1-22-13-16(12-21-22)18-11-19(18)20(24)23-9-7-15(8-10-23)14-3-5-17(25-2)6-4-14/h3-7,12-13,18-19H,8-11H2,1-2H3/t18-,19-/m0/s1. The van der Waals surface area contributed by atoms with E-state index in [0.717, 1.165) is 25.1 Å². The van der Waals surface area contributed by atoms with Crippen molar-refractivity contribution in [1.82, 2.24) is 14.7 Å². The van der Waals surface area contributed by atoms with Crippen LogP contribution in [0.1, 0.15) is 29.9 Å². The van der Waals surface area contributed by atoms with E-state index in [0.29, 0.717) is 18.4 Å². The van der Waals surface area contributed by atoms with Crippen LogP contribution in [0.3, 0.4) is 0 Å². The maximum absolute atomic E-state index is 12.7. The number of aryl methyl sites for hydroxylation is 1. The third-order valence-corrected chi connectivity index (χ3v) is 5.24. The Morgan fingerprint density at radius 3 is 2.68 bits per heavy atom. The quantitative estimate of drug-likeness (QED) is 0.862. The van der Waals surface area contributed by atoms with E-state index in [2.05, 4.69) is 23.3 Å². The van der Waals surface area contributed by atoms with Gasteiger partial charge in [0.1, 0.15) is 5.75 Å². The first kappa shape index (κ1) is 15.9. The molecule has 2 atom stereocenters. The minimum atomic E-state index is 0.139. The molecule has 0 unspecified atom stereocenters. The van der Waals surface area contributed by atoms with Crippen molar-refractivity contribution in [1.29, 1.82) is 0 Å². The molecule has 1 aliphatic heterocycles. The molecular weight excluding hydrogens is 314 g/mol. The number of benzene rings is 1. The molecule has 1 saturated carbocycles. The van der Waals surface area contributed by atoms with Crippen LogP contribution in [0.5, 0.6) is 5.75 Å². The maximum Gasteiger partial charge on any atom is 0.226 e. The highest BCUT2D eigenvalue weighted by Gasteiger charge is 2.46. The van der Waals surface area contributed by atoms with E-state index in [4.69, 9.17) is 4.74 Å². The Hall–Kier alpha value is -2.56. The fraction of sp³-hybridized carbons (Fsp3) is 0.400. The summed E-state index contributed by atoms with van der Waals surface area (Å²) in [5.74, 6) is 1.65. The van der Waals surface area contributed by atoms with Gasteiger partial charge >= 0.3 is 0 Å². The molecule has 0 spiro atoms. The van der Waals surface area contributed by atoms with E-state index in [-0.39, 0.29) is 5.92 Å². The maximum atomic E-state index is 12.7. The molecular formula is C20H23N3O2. The highest BCUT2D eigenvalue weighted by molar-refractivity contribution is 5.84. The number of hydrogen-bond donors (Lipinski definition) is 0. The molecule has 5 heteroatoms. The smallest absolute Gasteiger partial charge is 0.226 e. The fourth-order valence-corrected chi connectivity index (χ4v) is 3.64. The SMILES string of the molecule is COc1ccc(C2=CCN(C(=O)[C@H]3C[C@H]3c3cnn(C)c3)CC2)cc1. The number of amides is 1. The van der Waals surface area contributed by atoms with Crippen molar-refractivity contribution in [2.75, 3.05) is 20.2 Å². The van der Waals surface area contributed by atoms with Gasteiger partial charge in [0.2, 0.25) is 5.91 Å². The Labute approximate surface area is 147 Å². The molecule has 1 amide bonds. The van der Waals surface area contributed by atoms with Gasteiger partial charge in [-0.15, -0.1) is 0 Å². The van der Waals surface area contributed by atoms with Crippen LogP contribution in [0.15, 0.2) is 42.7 Å². The molecule has 1 aromatic carbocycles. The van der Waals surface area contributed by atoms with Crippen molar-refractivity contribution in [3.05, 3.63) is 53.9 Å². The summed E-state index contributed by atoms with van der Waals surface area (Å²) in [5.41, 5.74) is 3.71. The van der Waals surface area contributed by atoms with Gasteiger partial charge in [0.25, 0.3) is 0 Å². The number of hydrogen-bond acceptors (Lipinski definition) is 3. The highest BCUT2D eigenvalue weighted by Crippen LogP contribution is 2.48. The molecule has 2 heterocycles. The summed E-state index contributed by atoms with van der Waals surface area (Å²) in [5, 5.41) is 4.21. The van der Waals surface area contributed by atoms with Crippen molar-refractivity contribution >= 4 is 11.5 Å². The molecule has 130 valence electrons. The summed E-state index contributed by atoms with van der Waals surface area (Å²) < 4.78 is 7.01. The molecule has 2 aliphatic rings. The second-order valence-corrected chi connectivity index (χ2v) is 6.89. The summed E-state index contributed by atoms with van der Waals surface area (Å²) in [4.78, 5) is 14.7. The van der Waals surface area contributed by atoms with Crippen molar-refractivity contribution in [3.63, 3.8) is 0 Å². The Morgan fingerprint density at radius 2 is 2.08 bits per heavy atom. The molecule has 0 saturated heterocycles. The molecule has 2 aromatic rings. The van der Waals surface area contributed by atoms with E-state index >= 15 is 0 Å². The number of carbonyl (C=O) groups is 1. The molecule has 1 fully saturated rings. The molecule has 1 aromatic heterocycles. The van der Waals surface area contributed by atoms with Gasteiger partial charge < -0.3 is 9.64 Å². The zero-order valence-electron chi connectivity index (χ0n) is 14.7. The highest BCUT2D eigenvalue weighted by atomic mass is 16.5. The largest absolute Gasteiger partial charge is 0.497 e. The fourth-order valence-electron chi connectivity index (χ4n) is 3.64. The Bertz CT molecular complexity index is 807. The first-order valence-electron chi connectivity index (χ1n) is 8.76. The summed E-state index contributed by atoms with van der Waals surface area (Å²) >= 11 is 0. The normalized spacial score (nSPS) is 22.5. The molecule has 5 nitrogen and oxygen atoms in total. The predicted molar refractivity (Wildman–Crippen MR) is 96.2 cm³/mol. The molecule has 1 aliphatic carbocycles. The Morgan fingerprint density at radius 1 is 1.28 bits per heavy atom. The number of aromatic nitrogens is 2. The van der Waals surface area contributed by atoms with Crippen LogP contribution in [0.4, 0.5) is 0 Å². The number of carbonyl (C=O) groups excluding carboxylic acids is 1. The van der Waals surface area contributed by atoms with Gasteiger partial charge in [-0.2, -0.15) is 5.10 Å². The average molecular weight is 337 g/mol. The van der Waals surface area contributed by atoms with Crippen LogP contribution in [0.2, 0.25) is 0 Å². The van der Waals surface area contributed by atoms with Gasteiger partial charge in [-0.1, -0.05) is 18.2 Å². The summed E-state index contributed by atoms with van der Waals surface area (Å²) in [6.07, 6.45) is 7.95. The molecule has 4 rings (SSSR count). The van der Waals surface area contributed by atoms with Gasteiger partial charge in [-0.3, -0.25) is 9.48 Å². The van der Waals surface area contributed by atoms with Gasteiger partial charge in [0, 0.05) is 32.3 Å². The lowest BCUT2D eigenvalue weighted by atomic mass is 9.99. The number of ether oxygens (including phenoxy) is 1. The minimum absolute atomic E-state index is 0.139. The van der Waals surface area contributed by atoms with Gasteiger partial charge in [-0.25, -0.2) is 0 Å². The first-order valence-corrected chi connectivity index (χ1v) is 8.76. The van der Waals surface area contributed by atoms with E-state index < -0.39 is 0 Å². The second-order valence-electron chi connectivity index (χ2n) is 6.89. The van der Waals surface area contributed by atoms with Crippen LogP contribution in [-0.4, -0.2) is 40.8 Å². The molecule has 0 N–H and O–H groups in total. The topological polar surface area (TPSA) is 47.4 Å². The lowest BCUT2D eigenvalue weighted by Gasteiger charge is -2.27. The Balaban J connectivity index is 1.38. The van der Waals surface area contributed by atoms with E-state index in [1.54, 1.807) is 11.8 Å². The lowest BCUT2D eigenvalue weighted by molar-refractivity contribution is -0.132. The van der Waals surface area contributed by atoms with Crippen molar-refractivity contribution in [2.45, 2.75) is 18.8 Å². The van der Waals surface area contributed by atoms with E-state index in [9.17, 15) is 4.79 Å². The van der Waals surface area contributed by atoms with E-state index in [1.807, 2.05) is 36.5 Å². The van der Waals surface area contributed by atoms with Gasteiger partial charge in [-0.05, 0) is 47.6 Å². The van der Waals surface area contributed by atoms with E-state index in [1.165, 1.54) is 16.7 Å². The zero-order chi connectivity index (χ0) is 17.4. The number of rotatable bonds is 4. The monoisotopic (exact) mass is 337 g/mol. The third-order valence-electron chi connectivity index (χ3n) is 5.24. The van der Waals surface area contributed by atoms with Gasteiger partial charge in [0.05, 0.1) is 13.3 Å². The second kappa shape index (κ2) is 6.39. The minimum Gasteiger partial charge on any atom is -0.497 e. The van der Waals surface area contributed by atoms with Crippen LogP contribution in [-0.2, 0) is 11.8 Å². The first-order chi connectivity index (χ1) is 12.2. The van der Waals surface area contributed by atoms with Crippen molar-refractivity contribution < 1.29 is 9.53 Å².